The van der Waals surface area contributed by atoms with Crippen LogP contribution in [0.5, 0.6) is 0 Å². The lowest BCUT2D eigenvalue weighted by molar-refractivity contribution is 0.0652. The minimum absolute atomic E-state index is 0.184. The first-order valence-corrected chi connectivity index (χ1v) is 10.5. The van der Waals surface area contributed by atoms with Crippen molar-refractivity contribution in [1.29, 1.82) is 0 Å². The van der Waals surface area contributed by atoms with Gasteiger partial charge in [0.15, 0.2) is 0 Å². The van der Waals surface area contributed by atoms with Crippen LogP contribution in [0.2, 0.25) is 0 Å². The Balaban J connectivity index is 0.000000201. The Morgan fingerprint density at radius 3 is 1.00 bits per heavy atom. The SMILES string of the molecule is O=C(O)c1cccc(-c2ccccc2)c1C(=O)O.O=C(O)c1cccc(-c2ccccc2)c1C(=O)O. The van der Waals surface area contributed by atoms with Gasteiger partial charge in [-0.05, 0) is 34.4 Å². The minimum Gasteiger partial charge on any atom is -0.478 e. The van der Waals surface area contributed by atoms with E-state index in [2.05, 4.69) is 0 Å². The predicted molar refractivity (Wildman–Crippen MR) is 132 cm³/mol. The summed E-state index contributed by atoms with van der Waals surface area (Å²) in [4.78, 5) is 44.6. The zero-order valence-corrected chi connectivity index (χ0v) is 18.7. The number of aromatic carboxylic acids is 4. The molecule has 0 bridgehead atoms. The van der Waals surface area contributed by atoms with Crippen molar-refractivity contribution >= 4 is 23.9 Å². The molecule has 4 aromatic carbocycles. The van der Waals surface area contributed by atoms with Gasteiger partial charge in [-0.1, -0.05) is 84.9 Å². The zero-order chi connectivity index (χ0) is 26.2. The van der Waals surface area contributed by atoms with Crippen LogP contribution < -0.4 is 0 Å². The van der Waals surface area contributed by atoms with E-state index in [1.54, 1.807) is 60.7 Å². The van der Waals surface area contributed by atoms with Crippen molar-refractivity contribution in [1.82, 2.24) is 0 Å². The molecule has 8 nitrogen and oxygen atoms in total. The number of rotatable bonds is 6. The van der Waals surface area contributed by atoms with Crippen LogP contribution in [0.25, 0.3) is 22.3 Å². The molecule has 0 aliphatic rings. The van der Waals surface area contributed by atoms with E-state index in [4.69, 9.17) is 10.2 Å². The van der Waals surface area contributed by atoms with E-state index in [0.717, 1.165) is 0 Å². The highest BCUT2D eigenvalue weighted by molar-refractivity contribution is 6.07. The van der Waals surface area contributed by atoms with Gasteiger partial charge in [0.25, 0.3) is 0 Å². The average Bonchev–Trinajstić information content (AvgIpc) is 2.89. The lowest BCUT2D eigenvalue weighted by atomic mass is 9.95. The molecule has 4 N–H and O–H groups in total. The van der Waals surface area contributed by atoms with Crippen LogP contribution in [0.1, 0.15) is 41.4 Å². The number of carboxylic acids is 4. The maximum Gasteiger partial charge on any atom is 0.337 e. The lowest BCUT2D eigenvalue weighted by Crippen LogP contribution is -2.09. The third-order valence-electron chi connectivity index (χ3n) is 5.19. The van der Waals surface area contributed by atoms with Gasteiger partial charge in [-0.25, -0.2) is 19.2 Å². The zero-order valence-electron chi connectivity index (χ0n) is 18.7. The Morgan fingerprint density at radius 1 is 0.389 bits per heavy atom. The highest BCUT2D eigenvalue weighted by Crippen LogP contribution is 2.27. The molecule has 0 radical (unpaired) electrons. The third-order valence-corrected chi connectivity index (χ3v) is 5.19. The molecule has 0 amide bonds. The van der Waals surface area contributed by atoms with Gasteiger partial charge in [-0.3, -0.25) is 0 Å². The quantitative estimate of drug-likeness (QED) is 0.280. The molecule has 0 spiro atoms. The molecular formula is C28H20O8. The summed E-state index contributed by atoms with van der Waals surface area (Å²) in [6, 6.07) is 26.5. The van der Waals surface area contributed by atoms with E-state index in [1.807, 2.05) is 12.1 Å². The van der Waals surface area contributed by atoms with Gasteiger partial charge in [0.2, 0.25) is 0 Å². The van der Waals surface area contributed by atoms with Crippen molar-refractivity contribution in [2.24, 2.45) is 0 Å². The maximum atomic E-state index is 11.3. The van der Waals surface area contributed by atoms with Crippen molar-refractivity contribution in [2.45, 2.75) is 0 Å². The second kappa shape index (κ2) is 11.3. The van der Waals surface area contributed by atoms with E-state index in [9.17, 15) is 29.4 Å². The van der Waals surface area contributed by atoms with Crippen LogP contribution in [0.15, 0.2) is 97.1 Å². The van der Waals surface area contributed by atoms with Crippen LogP contribution in [0.3, 0.4) is 0 Å². The van der Waals surface area contributed by atoms with E-state index >= 15 is 0 Å². The maximum absolute atomic E-state index is 11.3. The standard InChI is InChI=1S/2C14H10O4/c2*15-13(16)11-8-4-7-10(12(11)14(17)18)9-5-2-1-3-6-9/h2*1-8H,(H,15,16)(H,17,18). The van der Waals surface area contributed by atoms with Crippen LogP contribution in [-0.4, -0.2) is 44.3 Å². The average molecular weight is 484 g/mol. The predicted octanol–water partition coefficient (Wildman–Crippen LogP) is 5.50. The van der Waals surface area contributed by atoms with Gasteiger partial charge in [-0.15, -0.1) is 0 Å². The van der Waals surface area contributed by atoms with Crippen LogP contribution in [0, 0.1) is 0 Å². The molecule has 0 aromatic heterocycles. The smallest absolute Gasteiger partial charge is 0.337 e. The lowest BCUT2D eigenvalue weighted by Gasteiger charge is -2.08. The second-order valence-corrected chi connectivity index (χ2v) is 7.41. The van der Waals surface area contributed by atoms with Crippen molar-refractivity contribution in [3.8, 4) is 22.3 Å². The summed E-state index contributed by atoms with van der Waals surface area (Å²) >= 11 is 0. The monoisotopic (exact) mass is 484 g/mol. The fourth-order valence-corrected chi connectivity index (χ4v) is 3.64. The first-order chi connectivity index (χ1) is 17.2. The molecule has 0 fully saturated rings. The molecule has 180 valence electrons. The Labute approximate surface area is 205 Å². The molecule has 0 aliphatic heterocycles. The van der Waals surface area contributed by atoms with Crippen molar-refractivity contribution < 1.29 is 39.6 Å². The van der Waals surface area contributed by atoms with E-state index < -0.39 is 23.9 Å². The Morgan fingerprint density at radius 2 is 0.722 bits per heavy atom. The minimum atomic E-state index is -1.25. The molecule has 4 rings (SSSR count). The molecular weight excluding hydrogens is 464 g/mol. The van der Waals surface area contributed by atoms with Crippen molar-refractivity contribution in [3.05, 3.63) is 119 Å². The summed E-state index contributed by atoms with van der Waals surface area (Å²) in [5.41, 5.74) is 1.39. The summed E-state index contributed by atoms with van der Waals surface area (Å²) in [5.74, 6) is -4.98. The summed E-state index contributed by atoms with van der Waals surface area (Å²) in [6.45, 7) is 0. The van der Waals surface area contributed by atoms with Gasteiger partial charge >= 0.3 is 23.9 Å². The number of carboxylic acid groups (broad SMARTS) is 4. The molecule has 0 heterocycles. The summed E-state index contributed by atoms with van der Waals surface area (Å²) in [5, 5.41) is 36.4. The number of benzene rings is 4. The van der Waals surface area contributed by atoms with Crippen molar-refractivity contribution in [2.75, 3.05) is 0 Å². The summed E-state index contributed by atoms with van der Waals surface area (Å²) in [7, 11) is 0. The first kappa shape index (κ1) is 25.4. The van der Waals surface area contributed by atoms with E-state index in [1.165, 1.54) is 24.3 Å². The Hall–Kier alpha value is -5.24. The van der Waals surface area contributed by atoms with Crippen LogP contribution in [0.4, 0.5) is 0 Å². The Kier molecular flexibility index (Phi) is 7.94. The molecule has 0 aliphatic carbocycles. The number of hydrogen-bond donors (Lipinski definition) is 4. The molecule has 36 heavy (non-hydrogen) atoms. The molecule has 0 saturated carbocycles. The van der Waals surface area contributed by atoms with Crippen molar-refractivity contribution in [3.63, 3.8) is 0 Å². The number of hydrogen-bond acceptors (Lipinski definition) is 4. The molecule has 0 atom stereocenters. The third kappa shape index (κ3) is 5.63. The molecule has 4 aromatic rings. The van der Waals surface area contributed by atoms with E-state index in [0.29, 0.717) is 22.3 Å². The largest absolute Gasteiger partial charge is 0.478 e. The van der Waals surface area contributed by atoms with E-state index in [-0.39, 0.29) is 22.3 Å². The van der Waals surface area contributed by atoms with Crippen LogP contribution in [-0.2, 0) is 0 Å². The second-order valence-electron chi connectivity index (χ2n) is 7.41. The summed E-state index contributed by atoms with van der Waals surface area (Å²) in [6.07, 6.45) is 0. The van der Waals surface area contributed by atoms with Gasteiger partial charge in [0.05, 0.1) is 22.3 Å². The highest BCUT2D eigenvalue weighted by Gasteiger charge is 2.21. The van der Waals surface area contributed by atoms with Gasteiger partial charge < -0.3 is 20.4 Å². The normalized spacial score (nSPS) is 10.0. The first-order valence-electron chi connectivity index (χ1n) is 10.5. The molecule has 8 heteroatoms. The summed E-state index contributed by atoms with van der Waals surface area (Å²) < 4.78 is 0. The van der Waals surface area contributed by atoms with Gasteiger partial charge in [-0.2, -0.15) is 0 Å². The fourth-order valence-electron chi connectivity index (χ4n) is 3.64. The van der Waals surface area contributed by atoms with Gasteiger partial charge in [0.1, 0.15) is 0 Å². The van der Waals surface area contributed by atoms with Gasteiger partial charge in [0, 0.05) is 0 Å². The number of carbonyl (C=O) groups is 4. The Bertz CT molecular complexity index is 1320. The topological polar surface area (TPSA) is 149 Å². The van der Waals surface area contributed by atoms with Crippen LogP contribution >= 0.6 is 0 Å². The fraction of sp³-hybridized carbons (Fsp3) is 0. The highest BCUT2D eigenvalue weighted by atomic mass is 16.4. The molecule has 0 unspecified atom stereocenters. The molecule has 0 saturated heterocycles.